The molecule has 0 saturated heterocycles. The minimum absolute atomic E-state index is 0.857. The molecule has 6 aromatic carbocycles. The molecule has 0 saturated carbocycles. The molecule has 0 radical (unpaired) electrons. The summed E-state index contributed by atoms with van der Waals surface area (Å²) in [5.41, 5.74) is 6.49. The fraction of sp³-hybridized carbons (Fsp3) is 0.0270. The van der Waals surface area contributed by atoms with Crippen LogP contribution < -0.4 is 29.1 Å². The summed E-state index contributed by atoms with van der Waals surface area (Å²) in [4.78, 5) is 0. The number of hydrogen-bond donors (Lipinski definition) is 0. The molecule has 3 aliphatic heterocycles. The van der Waals surface area contributed by atoms with Gasteiger partial charge in [-0.2, -0.15) is 0 Å². The van der Waals surface area contributed by atoms with Crippen LogP contribution in [0.3, 0.4) is 0 Å². The van der Waals surface area contributed by atoms with E-state index in [1.165, 1.54) is 15.6 Å². The second kappa shape index (κ2) is 10.0. The van der Waals surface area contributed by atoms with E-state index >= 15 is 0 Å². The van der Waals surface area contributed by atoms with Gasteiger partial charge in [0.2, 0.25) is 0 Å². The maximum Gasteiger partial charge on any atom is 0.530 e. The lowest BCUT2D eigenvalue weighted by Crippen LogP contribution is -2.66. The highest BCUT2D eigenvalue weighted by Gasteiger charge is 2.48. The van der Waals surface area contributed by atoms with Crippen LogP contribution in [0.2, 0.25) is 6.55 Å². The Morgan fingerprint density at radius 3 is 1.00 bits per heavy atom. The first-order valence-electron chi connectivity index (χ1n) is 14.1. The molecule has 2 bridgehead atoms. The minimum Gasteiger partial charge on any atom is -0.408 e. The Balaban J connectivity index is 1.48. The smallest absolute Gasteiger partial charge is 0.408 e. The lowest BCUT2D eigenvalue weighted by Gasteiger charge is -2.40. The van der Waals surface area contributed by atoms with Gasteiger partial charge in [0.05, 0.1) is 0 Å². The van der Waals surface area contributed by atoms with Crippen LogP contribution in [0, 0.1) is 0 Å². The van der Waals surface area contributed by atoms with Gasteiger partial charge in [0.15, 0.2) is 8.07 Å². The van der Waals surface area contributed by atoms with Crippen LogP contribution in [-0.2, 0) is 0 Å². The van der Waals surface area contributed by atoms with E-state index in [9.17, 15) is 0 Å². The monoisotopic (exact) mass is 578 g/mol. The van der Waals surface area contributed by atoms with Gasteiger partial charge in [-0.1, -0.05) is 152 Å². The molecule has 3 aliphatic rings. The fourth-order valence-corrected chi connectivity index (χ4v) is 11.8. The van der Waals surface area contributed by atoms with E-state index in [4.69, 9.17) is 13.6 Å². The molecule has 0 atom stereocenters. The van der Waals surface area contributed by atoms with Crippen LogP contribution in [0.15, 0.2) is 146 Å². The molecule has 5 heteroatoms. The van der Waals surface area contributed by atoms with Gasteiger partial charge in [-0.05, 0) is 32.3 Å². The molecule has 3 nitrogen and oxygen atoms in total. The maximum absolute atomic E-state index is 6.91. The van der Waals surface area contributed by atoms with Gasteiger partial charge in [0.25, 0.3) is 0 Å². The number of benzene rings is 6. The first-order chi connectivity index (χ1) is 20.7. The summed E-state index contributed by atoms with van der Waals surface area (Å²) >= 11 is 0. The van der Waals surface area contributed by atoms with Crippen LogP contribution in [0.1, 0.15) is 0 Å². The van der Waals surface area contributed by atoms with Crippen LogP contribution in [0.5, 0.6) is 17.2 Å². The Kier molecular flexibility index (Phi) is 5.99. The number of hydrogen-bond acceptors (Lipinski definition) is 3. The van der Waals surface area contributed by atoms with Crippen molar-refractivity contribution >= 4 is 32.2 Å². The Labute approximate surface area is 248 Å². The molecule has 0 spiro atoms. The van der Waals surface area contributed by atoms with Gasteiger partial charge < -0.3 is 13.6 Å². The van der Waals surface area contributed by atoms with E-state index in [1.807, 2.05) is 18.2 Å². The third-order valence-electron chi connectivity index (χ3n) is 8.41. The zero-order valence-corrected chi connectivity index (χ0v) is 24.9. The SMILES string of the molecule is C[Si]12c3cccc(-c4ccccc4)c3OP(Oc3c(-c4ccccc4)cccc31)Oc1c(-c3ccccc3)cccc12. The molecular formula is C37H27O3PSi. The van der Waals surface area contributed by atoms with Crippen LogP contribution in [-0.4, -0.2) is 8.07 Å². The molecule has 42 heavy (non-hydrogen) atoms. The molecule has 202 valence electrons. The largest absolute Gasteiger partial charge is 0.530 e. The molecule has 3 heterocycles. The molecule has 9 rings (SSSR count). The Hall–Kier alpha value is -4.63. The molecule has 0 aromatic heterocycles. The highest BCUT2D eigenvalue weighted by molar-refractivity contribution is 7.43. The first kappa shape index (κ1) is 25.1. The van der Waals surface area contributed by atoms with Gasteiger partial charge in [0, 0.05) is 16.7 Å². The Bertz CT molecular complexity index is 1700. The van der Waals surface area contributed by atoms with E-state index in [1.54, 1.807) is 0 Å². The average Bonchev–Trinajstić information content (AvgIpc) is 3.04. The van der Waals surface area contributed by atoms with Crippen molar-refractivity contribution in [1.82, 2.24) is 0 Å². The minimum atomic E-state index is -2.80. The molecule has 0 amide bonds. The van der Waals surface area contributed by atoms with E-state index in [-0.39, 0.29) is 0 Å². The predicted molar refractivity (Wildman–Crippen MR) is 175 cm³/mol. The Morgan fingerprint density at radius 1 is 0.381 bits per heavy atom. The maximum atomic E-state index is 6.91. The molecule has 0 N–H and O–H groups in total. The summed E-state index contributed by atoms with van der Waals surface area (Å²) in [6.45, 7) is 2.41. The predicted octanol–water partition coefficient (Wildman–Crippen LogP) is 8.18. The average molecular weight is 579 g/mol. The summed E-state index contributed by atoms with van der Waals surface area (Å²) in [6.07, 6.45) is 0. The summed E-state index contributed by atoms with van der Waals surface area (Å²) in [5, 5.41) is 3.67. The van der Waals surface area contributed by atoms with Crippen molar-refractivity contribution in [2.45, 2.75) is 6.55 Å². The number of rotatable bonds is 3. The third kappa shape index (κ3) is 3.91. The normalized spacial score (nSPS) is 18.1. The zero-order chi connectivity index (χ0) is 28.1. The second-order valence-corrected chi connectivity index (χ2v) is 15.6. The van der Waals surface area contributed by atoms with Crippen LogP contribution in [0.25, 0.3) is 33.4 Å². The molecule has 0 aliphatic carbocycles. The van der Waals surface area contributed by atoms with Gasteiger partial charge in [-0.3, -0.25) is 0 Å². The third-order valence-corrected chi connectivity index (χ3v) is 13.8. The summed E-state index contributed by atoms with van der Waals surface area (Å²) < 4.78 is 20.7. The van der Waals surface area contributed by atoms with Crippen molar-refractivity contribution in [3.63, 3.8) is 0 Å². The summed E-state index contributed by atoms with van der Waals surface area (Å²) in [5.74, 6) is 2.57. The molecule has 0 unspecified atom stereocenters. The van der Waals surface area contributed by atoms with E-state index in [2.05, 4.69) is 134 Å². The van der Waals surface area contributed by atoms with Gasteiger partial charge in [0.1, 0.15) is 17.2 Å². The van der Waals surface area contributed by atoms with Crippen molar-refractivity contribution in [2.24, 2.45) is 0 Å². The van der Waals surface area contributed by atoms with Crippen molar-refractivity contribution in [3.8, 4) is 50.6 Å². The topological polar surface area (TPSA) is 27.7 Å². The van der Waals surface area contributed by atoms with Gasteiger partial charge in [-0.25, -0.2) is 0 Å². The lowest BCUT2D eigenvalue weighted by molar-refractivity contribution is 0.390. The summed E-state index contributed by atoms with van der Waals surface area (Å²) in [6, 6.07) is 51.1. The van der Waals surface area contributed by atoms with E-state index < -0.39 is 16.7 Å². The van der Waals surface area contributed by atoms with Crippen LogP contribution >= 0.6 is 8.60 Å². The first-order valence-corrected chi connectivity index (χ1v) is 17.7. The Morgan fingerprint density at radius 2 is 0.690 bits per heavy atom. The van der Waals surface area contributed by atoms with Gasteiger partial charge in [-0.15, -0.1) is 0 Å². The molecular weight excluding hydrogens is 551 g/mol. The highest BCUT2D eigenvalue weighted by atomic mass is 31.2. The quantitative estimate of drug-likeness (QED) is 0.157. The van der Waals surface area contributed by atoms with Gasteiger partial charge >= 0.3 is 8.60 Å². The number of para-hydroxylation sites is 3. The molecule has 0 fully saturated rings. The zero-order valence-electron chi connectivity index (χ0n) is 23.0. The lowest BCUT2D eigenvalue weighted by atomic mass is 10.0. The van der Waals surface area contributed by atoms with Crippen molar-refractivity contribution in [1.29, 1.82) is 0 Å². The van der Waals surface area contributed by atoms with Crippen molar-refractivity contribution in [3.05, 3.63) is 146 Å². The molecule has 6 aromatic rings. The standard InChI is InChI=1S/C37H27O3PSi/c1-42-32-23-11-20-29(26-14-5-2-6-15-26)35(32)38-41(39-36-30(21-12-24-33(36)42)27-16-7-3-8-17-27)40-37-31(22-13-25-34(37)42)28-18-9-4-10-19-28/h2-25H,1H3. The summed E-state index contributed by atoms with van der Waals surface area (Å²) in [7, 11) is -4.66. The fourth-order valence-electron chi connectivity index (χ4n) is 6.34. The van der Waals surface area contributed by atoms with Crippen LogP contribution in [0.4, 0.5) is 0 Å². The second-order valence-electron chi connectivity index (χ2n) is 10.8. The van der Waals surface area contributed by atoms with Crippen molar-refractivity contribution in [2.75, 3.05) is 0 Å². The van der Waals surface area contributed by atoms with E-state index in [0.717, 1.165) is 50.6 Å². The van der Waals surface area contributed by atoms with E-state index in [0.29, 0.717) is 0 Å². The highest BCUT2D eigenvalue weighted by Crippen LogP contribution is 2.52. The van der Waals surface area contributed by atoms with Crippen molar-refractivity contribution < 1.29 is 13.6 Å².